The van der Waals surface area contributed by atoms with Crippen molar-refractivity contribution in [2.45, 2.75) is 20.5 Å². The Morgan fingerprint density at radius 1 is 1.00 bits per heavy atom. The average Bonchev–Trinajstić information content (AvgIpc) is 2.73. The first-order valence-electron chi connectivity index (χ1n) is 9.92. The van der Waals surface area contributed by atoms with Gasteiger partial charge in [-0.3, -0.25) is 4.79 Å². The fraction of sp³-hybridized carbons (Fsp3) is 0.208. The van der Waals surface area contributed by atoms with Crippen LogP contribution in [0.3, 0.4) is 0 Å². The van der Waals surface area contributed by atoms with Gasteiger partial charge in [0.25, 0.3) is 5.91 Å². The number of hydrogen-bond donors (Lipinski definition) is 2. The molecular weight excluding hydrogens is 448 g/mol. The van der Waals surface area contributed by atoms with Crippen LogP contribution in [0, 0.1) is 13.8 Å². The van der Waals surface area contributed by atoms with Gasteiger partial charge in [-0.15, -0.1) is 0 Å². The molecule has 0 aliphatic heterocycles. The number of ether oxygens (including phenoxy) is 1. The van der Waals surface area contributed by atoms with Gasteiger partial charge in [0.1, 0.15) is 18.2 Å². The lowest BCUT2D eigenvalue weighted by Gasteiger charge is -2.16. The average molecular weight is 473 g/mol. The fourth-order valence-electron chi connectivity index (χ4n) is 2.99. The first-order valence-corrected chi connectivity index (χ1v) is 12.4. The van der Waals surface area contributed by atoms with Crippen LogP contribution < -0.4 is 15.4 Å². The van der Waals surface area contributed by atoms with E-state index in [0.29, 0.717) is 34.3 Å². The Morgan fingerprint density at radius 2 is 1.72 bits per heavy atom. The van der Waals surface area contributed by atoms with Crippen molar-refractivity contribution in [1.29, 1.82) is 0 Å². The van der Waals surface area contributed by atoms with Crippen molar-refractivity contribution >= 4 is 38.7 Å². The molecule has 3 aromatic rings. The minimum absolute atomic E-state index is 0.233. The van der Waals surface area contributed by atoms with Gasteiger partial charge >= 0.3 is 0 Å². The summed E-state index contributed by atoms with van der Waals surface area (Å²) in [7, 11) is -3.23. The van der Waals surface area contributed by atoms with E-state index in [1.54, 1.807) is 42.5 Å². The molecule has 3 aromatic carbocycles. The number of nitrogens with one attached hydrogen (secondary N) is 2. The first kappa shape index (κ1) is 23.6. The summed E-state index contributed by atoms with van der Waals surface area (Å²) >= 11 is 5.88. The zero-order chi connectivity index (χ0) is 23.3. The van der Waals surface area contributed by atoms with Crippen LogP contribution in [-0.4, -0.2) is 26.5 Å². The van der Waals surface area contributed by atoms with Gasteiger partial charge in [-0.25, -0.2) is 8.42 Å². The van der Waals surface area contributed by atoms with Crippen molar-refractivity contribution in [2.75, 3.05) is 22.8 Å². The molecule has 0 bridgehead atoms. The highest BCUT2D eigenvalue weighted by molar-refractivity contribution is 7.90. The molecule has 0 saturated carbocycles. The van der Waals surface area contributed by atoms with Crippen LogP contribution in [0.2, 0.25) is 5.02 Å². The molecule has 0 aliphatic carbocycles. The van der Waals surface area contributed by atoms with Crippen molar-refractivity contribution in [1.82, 2.24) is 0 Å². The normalized spacial score (nSPS) is 11.1. The highest BCUT2D eigenvalue weighted by Gasteiger charge is 2.12. The van der Waals surface area contributed by atoms with Crippen molar-refractivity contribution in [3.8, 4) is 5.75 Å². The van der Waals surface area contributed by atoms with Gasteiger partial charge in [-0.05, 0) is 61.4 Å². The summed E-state index contributed by atoms with van der Waals surface area (Å²) in [5.74, 6) is -0.0917. The van der Waals surface area contributed by atoms with Gasteiger partial charge in [-0.2, -0.15) is 0 Å². The molecule has 0 spiro atoms. The summed E-state index contributed by atoms with van der Waals surface area (Å²) in [5, 5.41) is 6.27. The lowest BCUT2D eigenvalue weighted by molar-refractivity contribution is 0.102. The molecule has 3 rings (SSSR count). The minimum atomic E-state index is -3.23. The first-order chi connectivity index (χ1) is 15.1. The molecule has 0 fully saturated rings. The summed E-state index contributed by atoms with van der Waals surface area (Å²) in [6.45, 7) is 4.31. The highest BCUT2D eigenvalue weighted by Crippen LogP contribution is 2.30. The minimum Gasteiger partial charge on any atom is -0.487 e. The zero-order valence-corrected chi connectivity index (χ0v) is 19.7. The third-order valence-electron chi connectivity index (χ3n) is 4.76. The van der Waals surface area contributed by atoms with E-state index in [-0.39, 0.29) is 11.8 Å². The standard InChI is InChI=1S/C24H25ClN2O4S/c1-16-4-5-17(2)19(12-16)14-31-23-13-21(10-11-22(23)26-15-32(3,29)30)27-24(28)18-6-8-20(25)9-7-18/h4-13,26H,14-15H2,1-3H3,(H,27,28). The molecule has 8 heteroatoms. The van der Waals surface area contributed by atoms with Gasteiger partial charge < -0.3 is 15.4 Å². The van der Waals surface area contributed by atoms with E-state index in [0.717, 1.165) is 22.9 Å². The number of hydrogen-bond acceptors (Lipinski definition) is 5. The van der Waals surface area contributed by atoms with Crippen molar-refractivity contribution in [2.24, 2.45) is 0 Å². The maximum absolute atomic E-state index is 12.6. The maximum Gasteiger partial charge on any atom is 0.255 e. The number of anilines is 2. The maximum atomic E-state index is 12.6. The zero-order valence-electron chi connectivity index (χ0n) is 18.1. The van der Waals surface area contributed by atoms with Gasteiger partial charge in [0.15, 0.2) is 9.84 Å². The Hall–Kier alpha value is -3.03. The predicted molar refractivity (Wildman–Crippen MR) is 129 cm³/mol. The fourth-order valence-corrected chi connectivity index (χ4v) is 3.53. The Balaban J connectivity index is 1.83. The second kappa shape index (κ2) is 10.1. The van der Waals surface area contributed by atoms with Crippen molar-refractivity contribution in [3.63, 3.8) is 0 Å². The van der Waals surface area contributed by atoms with E-state index in [9.17, 15) is 13.2 Å². The van der Waals surface area contributed by atoms with Gasteiger partial charge in [-0.1, -0.05) is 35.4 Å². The Kier molecular flexibility index (Phi) is 7.43. The summed E-state index contributed by atoms with van der Waals surface area (Å²) < 4.78 is 29.2. The Bertz CT molecular complexity index is 1230. The lowest BCUT2D eigenvalue weighted by Crippen LogP contribution is -2.14. The molecule has 32 heavy (non-hydrogen) atoms. The summed E-state index contributed by atoms with van der Waals surface area (Å²) in [5.41, 5.74) is 4.74. The van der Waals surface area contributed by atoms with Crippen LogP contribution in [0.5, 0.6) is 5.75 Å². The van der Waals surface area contributed by atoms with Crippen LogP contribution >= 0.6 is 11.6 Å². The quantitative estimate of drug-likeness (QED) is 0.470. The largest absolute Gasteiger partial charge is 0.487 e. The number of sulfone groups is 1. The number of amides is 1. The van der Waals surface area contributed by atoms with E-state index in [1.807, 2.05) is 32.0 Å². The van der Waals surface area contributed by atoms with Crippen LogP contribution in [0.4, 0.5) is 11.4 Å². The van der Waals surface area contributed by atoms with E-state index < -0.39 is 9.84 Å². The molecule has 2 N–H and O–H groups in total. The molecule has 0 atom stereocenters. The summed E-state index contributed by atoms with van der Waals surface area (Å²) in [6, 6.07) is 17.7. The van der Waals surface area contributed by atoms with Gasteiger partial charge in [0, 0.05) is 28.6 Å². The highest BCUT2D eigenvalue weighted by atomic mass is 35.5. The number of carbonyl (C=O) groups is 1. The molecule has 0 aliphatic rings. The second-order valence-corrected chi connectivity index (χ2v) is 10.2. The van der Waals surface area contributed by atoms with Crippen molar-refractivity contribution in [3.05, 3.63) is 87.9 Å². The Labute approximate surface area is 193 Å². The third-order valence-corrected chi connectivity index (χ3v) is 5.68. The second-order valence-electron chi connectivity index (χ2n) is 7.64. The summed E-state index contributed by atoms with van der Waals surface area (Å²) in [6.07, 6.45) is 1.15. The van der Waals surface area contributed by atoms with Crippen molar-refractivity contribution < 1.29 is 17.9 Å². The Morgan fingerprint density at radius 3 is 2.41 bits per heavy atom. The van der Waals surface area contributed by atoms with Gasteiger partial charge in [0.2, 0.25) is 0 Å². The molecule has 6 nitrogen and oxygen atoms in total. The number of carbonyl (C=O) groups excluding carboxylic acids is 1. The molecule has 0 radical (unpaired) electrons. The van der Waals surface area contributed by atoms with E-state index in [4.69, 9.17) is 16.3 Å². The SMILES string of the molecule is Cc1ccc(C)c(COc2cc(NC(=O)c3ccc(Cl)cc3)ccc2NCS(C)(=O)=O)c1. The molecule has 0 unspecified atom stereocenters. The monoisotopic (exact) mass is 472 g/mol. The van der Waals surface area contributed by atoms with Crippen LogP contribution in [-0.2, 0) is 16.4 Å². The predicted octanol–water partition coefficient (Wildman–Crippen LogP) is 5.20. The summed E-state index contributed by atoms with van der Waals surface area (Å²) in [4.78, 5) is 12.6. The van der Waals surface area contributed by atoms with Crippen LogP contribution in [0.15, 0.2) is 60.7 Å². The lowest BCUT2D eigenvalue weighted by atomic mass is 10.1. The van der Waals surface area contributed by atoms with E-state index in [2.05, 4.69) is 10.6 Å². The number of rotatable bonds is 8. The number of aryl methyl sites for hydroxylation is 2. The third kappa shape index (κ3) is 6.73. The molecule has 0 aromatic heterocycles. The van der Waals surface area contributed by atoms with Gasteiger partial charge in [0.05, 0.1) is 5.69 Å². The number of halogens is 1. The van der Waals surface area contributed by atoms with E-state index in [1.165, 1.54) is 0 Å². The molecular formula is C24H25ClN2O4S. The van der Waals surface area contributed by atoms with Crippen LogP contribution in [0.25, 0.3) is 0 Å². The molecule has 1 amide bonds. The van der Waals surface area contributed by atoms with E-state index >= 15 is 0 Å². The smallest absolute Gasteiger partial charge is 0.255 e. The molecule has 0 saturated heterocycles. The number of benzene rings is 3. The molecule has 0 heterocycles. The topological polar surface area (TPSA) is 84.5 Å². The van der Waals surface area contributed by atoms with Crippen LogP contribution in [0.1, 0.15) is 27.0 Å². The molecule has 168 valence electrons.